The van der Waals surface area contributed by atoms with E-state index in [2.05, 4.69) is 36.8 Å². The average Bonchev–Trinajstić information content (AvgIpc) is 2.08. The van der Waals surface area contributed by atoms with Gasteiger partial charge >= 0.3 is 0 Å². The normalized spacial score (nSPS) is 10.6. The summed E-state index contributed by atoms with van der Waals surface area (Å²) in [6.07, 6.45) is -1.74. The van der Waals surface area contributed by atoms with Crippen LogP contribution in [-0.2, 0) is 0 Å². The van der Waals surface area contributed by atoms with Gasteiger partial charge in [-0.05, 0) is 31.9 Å². The molecule has 3 nitrogen and oxygen atoms in total. The lowest BCUT2D eigenvalue weighted by atomic mass is 10.2. The molecule has 0 aliphatic carbocycles. The third-order valence-corrected chi connectivity index (χ3v) is 3.61. The number of alkyl halides is 2. The van der Waals surface area contributed by atoms with Crippen LogP contribution in [0.4, 0.5) is 8.78 Å². The Morgan fingerprint density at radius 3 is 2.43 bits per heavy atom. The van der Waals surface area contributed by atoms with E-state index in [-0.39, 0.29) is 20.2 Å². The van der Waals surface area contributed by atoms with Gasteiger partial charge in [0.2, 0.25) is 0 Å². The Bertz CT molecular complexity index is 384. The summed E-state index contributed by atoms with van der Waals surface area (Å²) in [5, 5.41) is 0. The zero-order valence-electron chi connectivity index (χ0n) is 6.60. The first-order valence-corrected chi connectivity index (χ1v) is 4.95. The van der Waals surface area contributed by atoms with Crippen LogP contribution in [0.15, 0.2) is 15.1 Å². The minimum atomic E-state index is -2.66. The van der Waals surface area contributed by atoms with Gasteiger partial charge < -0.3 is 5.73 Å². The van der Waals surface area contributed by atoms with Gasteiger partial charge in [0.15, 0.2) is 0 Å². The van der Waals surface area contributed by atoms with Gasteiger partial charge in [0.25, 0.3) is 12.3 Å². The molecule has 0 saturated carbocycles. The van der Waals surface area contributed by atoms with Crippen molar-refractivity contribution >= 4 is 37.8 Å². The van der Waals surface area contributed by atoms with Crippen molar-refractivity contribution < 1.29 is 13.6 Å². The van der Waals surface area contributed by atoms with Gasteiger partial charge in [-0.15, -0.1) is 0 Å². The summed E-state index contributed by atoms with van der Waals surface area (Å²) in [7, 11) is 0. The summed E-state index contributed by atoms with van der Waals surface area (Å²) in [6.45, 7) is 0. The highest BCUT2D eigenvalue weighted by atomic mass is 79.9. The fourth-order valence-corrected chi connectivity index (χ4v) is 1.79. The molecule has 7 heteroatoms. The topological polar surface area (TPSA) is 56.0 Å². The van der Waals surface area contributed by atoms with E-state index in [0.29, 0.717) is 0 Å². The summed E-state index contributed by atoms with van der Waals surface area (Å²) in [6, 6.07) is 0. The van der Waals surface area contributed by atoms with E-state index in [1.165, 1.54) is 0 Å². The van der Waals surface area contributed by atoms with Gasteiger partial charge in [-0.2, -0.15) is 0 Å². The fraction of sp³-hybridized carbons (Fsp3) is 0.143. The molecule has 1 rings (SSSR count). The zero-order chi connectivity index (χ0) is 10.9. The number of pyridine rings is 1. The van der Waals surface area contributed by atoms with E-state index in [1.54, 1.807) is 0 Å². The zero-order valence-corrected chi connectivity index (χ0v) is 9.77. The monoisotopic (exact) mass is 328 g/mol. The van der Waals surface area contributed by atoms with Crippen LogP contribution < -0.4 is 5.73 Å². The molecule has 0 aliphatic rings. The number of nitrogens with two attached hydrogens (primary N) is 1. The molecule has 0 saturated heterocycles. The minimum absolute atomic E-state index is 0.0822. The van der Waals surface area contributed by atoms with Crippen LogP contribution in [0.25, 0.3) is 0 Å². The van der Waals surface area contributed by atoms with Gasteiger partial charge in [-0.1, -0.05) is 0 Å². The maximum atomic E-state index is 12.3. The summed E-state index contributed by atoms with van der Waals surface area (Å²) in [4.78, 5) is 14.3. The lowest BCUT2D eigenvalue weighted by molar-refractivity contribution is 0.0993. The molecule has 0 radical (unpaired) electrons. The van der Waals surface area contributed by atoms with Crippen molar-refractivity contribution in [1.82, 2.24) is 4.98 Å². The molecule has 0 atom stereocenters. The number of hydrogen-bond acceptors (Lipinski definition) is 2. The van der Waals surface area contributed by atoms with E-state index < -0.39 is 12.3 Å². The molecule has 0 aliphatic heterocycles. The Balaban J connectivity index is 3.33. The van der Waals surface area contributed by atoms with Crippen molar-refractivity contribution in [3.8, 4) is 0 Å². The first-order valence-electron chi connectivity index (χ1n) is 3.37. The van der Waals surface area contributed by atoms with Crippen LogP contribution >= 0.6 is 31.9 Å². The first-order chi connectivity index (χ1) is 6.45. The summed E-state index contributed by atoms with van der Waals surface area (Å²) < 4.78 is 24.9. The second kappa shape index (κ2) is 4.31. The van der Waals surface area contributed by atoms with E-state index >= 15 is 0 Å². The van der Waals surface area contributed by atoms with Gasteiger partial charge in [0, 0.05) is 10.7 Å². The van der Waals surface area contributed by atoms with Crippen LogP contribution in [0.1, 0.15) is 22.5 Å². The van der Waals surface area contributed by atoms with Gasteiger partial charge in [0.05, 0.1) is 10.0 Å². The van der Waals surface area contributed by atoms with Crippen LogP contribution in [0.5, 0.6) is 0 Å². The van der Waals surface area contributed by atoms with Crippen molar-refractivity contribution in [2.75, 3.05) is 0 Å². The second-order valence-corrected chi connectivity index (χ2v) is 3.94. The molecule has 1 aromatic heterocycles. The quantitative estimate of drug-likeness (QED) is 0.906. The van der Waals surface area contributed by atoms with E-state index in [4.69, 9.17) is 5.73 Å². The molecule has 0 spiro atoms. The molecule has 1 heterocycles. The second-order valence-electron chi connectivity index (χ2n) is 2.36. The number of aromatic nitrogens is 1. The summed E-state index contributed by atoms with van der Waals surface area (Å²) in [5.41, 5.74) is 4.60. The highest BCUT2D eigenvalue weighted by Crippen LogP contribution is 2.33. The molecule has 14 heavy (non-hydrogen) atoms. The molecule has 1 amide bonds. The maximum Gasteiger partial charge on any atom is 0.268 e. The van der Waals surface area contributed by atoms with E-state index in [0.717, 1.165) is 6.20 Å². The molecular weight excluding hydrogens is 326 g/mol. The minimum Gasteiger partial charge on any atom is -0.364 e. The Morgan fingerprint density at radius 2 is 2.00 bits per heavy atom. The van der Waals surface area contributed by atoms with Crippen molar-refractivity contribution in [2.24, 2.45) is 5.73 Å². The molecule has 0 unspecified atom stereocenters. The predicted molar refractivity (Wildman–Crippen MR) is 53.1 cm³/mol. The highest BCUT2D eigenvalue weighted by molar-refractivity contribution is 9.13. The number of rotatable bonds is 2. The molecule has 0 aromatic carbocycles. The Morgan fingerprint density at radius 1 is 1.43 bits per heavy atom. The Hall–Kier alpha value is -0.560. The van der Waals surface area contributed by atoms with Crippen LogP contribution in [0.3, 0.4) is 0 Å². The van der Waals surface area contributed by atoms with E-state index in [9.17, 15) is 13.6 Å². The molecule has 0 bridgehead atoms. The summed E-state index contributed by atoms with van der Waals surface area (Å²) >= 11 is 5.88. The highest BCUT2D eigenvalue weighted by Gasteiger charge is 2.19. The van der Waals surface area contributed by atoms with E-state index in [1.807, 2.05) is 0 Å². The SMILES string of the molecule is NC(=O)c1ncc(C(F)F)c(Br)c1Br. The maximum absolute atomic E-state index is 12.3. The Labute approximate surface area is 94.9 Å². The number of carbonyl (C=O) groups excluding carboxylic acids is 1. The van der Waals surface area contributed by atoms with Crippen molar-refractivity contribution in [3.63, 3.8) is 0 Å². The van der Waals surface area contributed by atoms with Gasteiger partial charge in [-0.3, -0.25) is 4.79 Å². The molecule has 0 fully saturated rings. The third kappa shape index (κ3) is 2.09. The average molecular weight is 330 g/mol. The number of halogens is 4. The number of nitrogens with zero attached hydrogens (tertiary/aromatic N) is 1. The molecule has 1 aromatic rings. The molecule has 76 valence electrons. The summed E-state index contributed by atoms with van der Waals surface area (Å²) in [5.74, 6) is -0.779. The Kier molecular flexibility index (Phi) is 3.54. The third-order valence-electron chi connectivity index (χ3n) is 1.46. The van der Waals surface area contributed by atoms with Crippen molar-refractivity contribution in [1.29, 1.82) is 0 Å². The fourth-order valence-electron chi connectivity index (χ4n) is 0.802. The molecule has 2 N–H and O–H groups in total. The first kappa shape index (κ1) is 11.5. The smallest absolute Gasteiger partial charge is 0.268 e. The van der Waals surface area contributed by atoms with Gasteiger partial charge in [0.1, 0.15) is 5.69 Å². The number of carbonyl (C=O) groups is 1. The van der Waals surface area contributed by atoms with Crippen molar-refractivity contribution in [2.45, 2.75) is 6.43 Å². The molecular formula is C7H4Br2F2N2O. The number of hydrogen-bond donors (Lipinski definition) is 1. The van der Waals surface area contributed by atoms with Crippen LogP contribution in [-0.4, -0.2) is 10.9 Å². The number of amides is 1. The predicted octanol–water partition coefficient (Wildman–Crippen LogP) is 2.64. The largest absolute Gasteiger partial charge is 0.364 e. The van der Waals surface area contributed by atoms with Gasteiger partial charge in [-0.25, -0.2) is 13.8 Å². The van der Waals surface area contributed by atoms with Crippen LogP contribution in [0.2, 0.25) is 0 Å². The lowest BCUT2D eigenvalue weighted by Gasteiger charge is -2.06. The standard InChI is InChI=1S/C7H4Br2F2N2O/c8-3-2(6(10)11)1-13-5(4(3)9)7(12)14/h1,6H,(H2,12,14). The number of primary amides is 1. The van der Waals surface area contributed by atoms with Crippen LogP contribution in [0, 0.1) is 0 Å². The lowest BCUT2D eigenvalue weighted by Crippen LogP contribution is -2.14. The van der Waals surface area contributed by atoms with Crippen molar-refractivity contribution in [3.05, 3.63) is 26.4 Å².